The lowest BCUT2D eigenvalue weighted by atomic mass is 10.0. The molecule has 0 aromatic heterocycles. The second-order valence-corrected chi connectivity index (χ2v) is 2.77. The van der Waals surface area contributed by atoms with E-state index in [1.807, 2.05) is 0 Å². The summed E-state index contributed by atoms with van der Waals surface area (Å²) < 4.78 is 0. The number of hydrogen-bond acceptors (Lipinski definition) is 1. The lowest BCUT2D eigenvalue weighted by Crippen LogP contribution is -2.20. The Morgan fingerprint density at radius 3 is 2.70 bits per heavy atom. The van der Waals surface area contributed by atoms with Crippen molar-refractivity contribution >= 4 is 5.91 Å². The summed E-state index contributed by atoms with van der Waals surface area (Å²) in [7, 11) is 1.68. The minimum absolute atomic E-state index is 0. The summed E-state index contributed by atoms with van der Waals surface area (Å²) in [5.41, 5.74) is 0. The van der Waals surface area contributed by atoms with Crippen LogP contribution in [0, 0.1) is 5.92 Å². The summed E-state index contributed by atoms with van der Waals surface area (Å²) in [4.78, 5) is 10.8. The van der Waals surface area contributed by atoms with Gasteiger partial charge in [-0.3, -0.25) is 4.79 Å². The Morgan fingerprint density at radius 2 is 2.30 bits per heavy atom. The Kier molecular flexibility index (Phi) is 4.99. The molecule has 0 aliphatic rings. The Hall–Kier alpha value is -0.530. The molecule has 0 bridgehead atoms. The molecule has 1 unspecified atom stereocenters. The SMILES string of the molecule is CCCC(C)CC(=O)NC.[HH]. The van der Waals surface area contributed by atoms with Crippen LogP contribution in [0.3, 0.4) is 0 Å². The van der Waals surface area contributed by atoms with Crippen LogP contribution in [0.2, 0.25) is 0 Å². The van der Waals surface area contributed by atoms with Crippen LogP contribution in [-0.4, -0.2) is 13.0 Å². The second-order valence-electron chi connectivity index (χ2n) is 2.77. The van der Waals surface area contributed by atoms with Gasteiger partial charge >= 0.3 is 0 Å². The van der Waals surface area contributed by atoms with Gasteiger partial charge in [0.05, 0.1) is 0 Å². The Labute approximate surface area is 64.5 Å². The zero-order valence-electron chi connectivity index (χ0n) is 7.11. The van der Waals surface area contributed by atoms with E-state index in [0.717, 1.165) is 12.8 Å². The van der Waals surface area contributed by atoms with Crippen molar-refractivity contribution in [2.45, 2.75) is 33.1 Å². The van der Waals surface area contributed by atoms with E-state index in [4.69, 9.17) is 0 Å². The molecule has 1 atom stereocenters. The third-order valence-electron chi connectivity index (χ3n) is 1.59. The molecule has 1 N–H and O–H groups in total. The van der Waals surface area contributed by atoms with E-state index in [-0.39, 0.29) is 7.33 Å². The van der Waals surface area contributed by atoms with E-state index in [0.29, 0.717) is 12.3 Å². The fourth-order valence-electron chi connectivity index (χ4n) is 1.01. The molecule has 0 heterocycles. The first-order valence-corrected chi connectivity index (χ1v) is 3.91. The molecule has 2 nitrogen and oxygen atoms in total. The van der Waals surface area contributed by atoms with Crippen molar-refractivity contribution < 1.29 is 6.22 Å². The van der Waals surface area contributed by atoms with Gasteiger partial charge in [-0.2, -0.15) is 0 Å². The van der Waals surface area contributed by atoms with Gasteiger partial charge in [0.15, 0.2) is 0 Å². The average molecular weight is 145 g/mol. The molecule has 62 valence electrons. The quantitative estimate of drug-likeness (QED) is 0.642. The summed E-state index contributed by atoms with van der Waals surface area (Å²) in [6, 6.07) is 0. The summed E-state index contributed by atoms with van der Waals surface area (Å²) in [5, 5.41) is 2.62. The van der Waals surface area contributed by atoms with Gasteiger partial charge in [-0.05, 0) is 5.92 Å². The zero-order valence-corrected chi connectivity index (χ0v) is 7.11. The number of nitrogens with one attached hydrogen (secondary N) is 1. The van der Waals surface area contributed by atoms with Gasteiger partial charge in [0.2, 0.25) is 5.91 Å². The predicted molar refractivity (Wildman–Crippen MR) is 44.9 cm³/mol. The molecule has 10 heavy (non-hydrogen) atoms. The molecule has 0 aromatic rings. The van der Waals surface area contributed by atoms with Gasteiger partial charge in [-0.25, -0.2) is 0 Å². The summed E-state index contributed by atoms with van der Waals surface area (Å²) in [5.74, 6) is 0.686. The Balaban J connectivity index is 0. The number of rotatable bonds is 4. The highest BCUT2D eigenvalue weighted by molar-refractivity contribution is 5.75. The van der Waals surface area contributed by atoms with Crippen LogP contribution in [0.5, 0.6) is 0 Å². The average Bonchev–Trinajstić information content (AvgIpc) is 1.88. The highest BCUT2D eigenvalue weighted by Gasteiger charge is 2.04. The van der Waals surface area contributed by atoms with Crippen LogP contribution in [0.1, 0.15) is 34.5 Å². The second kappa shape index (κ2) is 5.27. The normalized spacial score (nSPS) is 12.7. The smallest absolute Gasteiger partial charge is 0.220 e. The van der Waals surface area contributed by atoms with Crippen molar-refractivity contribution in [2.24, 2.45) is 5.92 Å². The molecule has 0 rings (SSSR count). The lowest BCUT2D eigenvalue weighted by Gasteiger charge is -2.07. The minimum atomic E-state index is 0. The first kappa shape index (κ1) is 9.47. The lowest BCUT2D eigenvalue weighted by molar-refractivity contribution is -0.121. The van der Waals surface area contributed by atoms with E-state index >= 15 is 0 Å². The molecule has 2 heteroatoms. The largest absolute Gasteiger partial charge is 0.359 e. The molecule has 0 spiro atoms. The topological polar surface area (TPSA) is 29.1 Å². The monoisotopic (exact) mass is 145 g/mol. The van der Waals surface area contributed by atoms with Crippen LogP contribution in [0.15, 0.2) is 0 Å². The molecule has 0 aliphatic carbocycles. The van der Waals surface area contributed by atoms with Crippen LogP contribution in [-0.2, 0) is 4.79 Å². The van der Waals surface area contributed by atoms with Crippen LogP contribution in [0.4, 0.5) is 0 Å². The third-order valence-corrected chi connectivity index (χ3v) is 1.59. The highest BCUT2D eigenvalue weighted by atomic mass is 16.1. The van der Waals surface area contributed by atoms with E-state index in [1.54, 1.807) is 7.05 Å². The van der Waals surface area contributed by atoms with E-state index < -0.39 is 0 Å². The van der Waals surface area contributed by atoms with Gasteiger partial charge in [-0.15, -0.1) is 0 Å². The number of carbonyl (C=O) groups excluding carboxylic acids is 1. The zero-order chi connectivity index (χ0) is 7.98. The predicted octanol–water partition coefficient (Wildman–Crippen LogP) is 1.80. The van der Waals surface area contributed by atoms with Gasteiger partial charge in [0, 0.05) is 14.9 Å². The molecular formula is C8H19NO. The van der Waals surface area contributed by atoms with Crippen LogP contribution >= 0.6 is 0 Å². The number of hydrogen-bond donors (Lipinski definition) is 1. The summed E-state index contributed by atoms with van der Waals surface area (Å²) in [6.07, 6.45) is 2.98. The molecule has 0 saturated carbocycles. The van der Waals surface area contributed by atoms with Crippen molar-refractivity contribution in [1.82, 2.24) is 5.32 Å². The van der Waals surface area contributed by atoms with E-state index in [9.17, 15) is 4.79 Å². The molecule has 0 aliphatic heterocycles. The summed E-state index contributed by atoms with van der Waals surface area (Å²) in [6.45, 7) is 4.25. The van der Waals surface area contributed by atoms with E-state index in [1.165, 1.54) is 0 Å². The van der Waals surface area contributed by atoms with Crippen LogP contribution in [0.25, 0.3) is 0 Å². The molecule has 1 amide bonds. The van der Waals surface area contributed by atoms with Gasteiger partial charge in [0.1, 0.15) is 0 Å². The van der Waals surface area contributed by atoms with Crippen LogP contribution < -0.4 is 5.32 Å². The summed E-state index contributed by atoms with van der Waals surface area (Å²) >= 11 is 0. The molecular weight excluding hydrogens is 126 g/mol. The fourth-order valence-corrected chi connectivity index (χ4v) is 1.01. The fraction of sp³-hybridized carbons (Fsp3) is 0.875. The Bertz CT molecular complexity index is 106. The molecule has 0 aromatic carbocycles. The maximum atomic E-state index is 10.8. The number of carbonyl (C=O) groups is 1. The Morgan fingerprint density at radius 1 is 1.70 bits per heavy atom. The van der Waals surface area contributed by atoms with Crippen molar-refractivity contribution in [3.05, 3.63) is 0 Å². The molecule has 0 fully saturated rings. The standard InChI is InChI=1S/C8H17NO.H2/c1-4-5-7(2)6-8(10)9-3;/h7H,4-6H2,1-3H3,(H,9,10);1H. The third kappa shape index (κ3) is 4.36. The van der Waals surface area contributed by atoms with Gasteiger partial charge in [0.25, 0.3) is 0 Å². The molecule has 0 saturated heterocycles. The van der Waals surface area contributed by atoms with Crippen molar-refractivity contribution in [3.63, 3.8) is 0 Å². The molecule has 0 radical (unpaired) electrons. The van der Waals surface area contributed by atoms with Crippen molar-refractivity contribution in [1.29, 1.82) is 0 Å². The minimum Gasteiger partial charge on any atom is -0.359 e. The highest BCUT2D eigenvalue weighted by Crippen LogP contribution is 2.08. The van der Waals surface area contributed by atoms with Gasteiger partial charge < -0.3 is 5.32 Å². The maximum absolute atomic E-state index is 10.8. The first-order valence-electron chi connectivity index (χ1n) is 3.91. The maximum Gasteiger partial charge on any atom is 0.220 e. The number of amides is 1. The van der Waals surface area contributed by atoms with Crippen molar-refractivity contribution in [3.8, 4) is 0 Å². The van der Waals surface area contributed by atoms with Gasteiger partial charge in [-0.1, -0.05) is 26.7 Å². The van der Waals surface area contributed by atoms with Crippen molar-refractivity contribution in [2.75, 3.05) is 7.05 Å². The first-order chi connectivity index (χ1) is 4.70. The van der Waals surface area contributed by atoms with E-state index in [2.05, 4.69) is 19.2 Å².